The average molecular weight is 379 g/mol. The van der Waals surface area contributed by atoms with Crippen LogP contribution in [0.2, 0.25) is 0 Å². The molecule has 0 spiro atoms. The Balaban J connectivity index is 1.24. The Labute approximate surface area is 163 Å². The number of carbonyl (C=O) groups excluding carboxylic acids is 1. The molecule has 146 valence electrons. The van der Waals surface area contributed by atoms with Crippen molar-refractivity contribution >= 4 is 16.8 Å². The predicted molar refractivity (Wildman–Crippen MR) is 107 cm³/mol. The zero-order chi connectivity index (χ0) is 19.3. The van der Waals surface area contributed by atoms with E-state index in [0.29, 0.717) is 41.9 Å². The fourth-order valence-corrected chi connectivity index (χ4v) is 3.86. The Kier molecular flexibility index (Phi) is 5.50. The maximum absolute atomic E-state index is 12.5. The van der Waals surface area contributed by atoms with Crippen LogP contribution in [-0.4, -0.2) is 43.6 Å². The molecule has 0 unspecified atom stereocenters. The zero-order valence-corrected chi connectivity index (χ0v) is 15.9. The molecule has 7 heteroatoms. The van der Waals surface area contributed by atoms with E-state index < -0.39 is 0 Å². The van der Waals surface area contributed by atoms with Gasteiger partial charge in [-0.25, -0.2) is 4.98 Å². The third-order valence-corrected chi connectivity index (χ3v) is 5.44. The summed E-state index contributed by atoms with van der Waals surface area (Å²) >= 11 is 0. The van der Waals surface area contributed by atoms with Gasteiger partial charge in [0.2, 0.25) is 5.91 Å². The van der Waals surface area contributed by atoms with Crippen molar-refractivity contribution in [1.82, 2.24) is 24.6 Å². The van der Waals surface area contributed by atoms with Crippen molar-refractivity contribution in [2.45, 2.75) is 38.6 Å². The number of fused-ring (bicyclic) bond motifs is 1. The van der Waals surface area contributed by atoms with E-state index in [2.05, 4.69) is 15.1 Å². The van der Waals surface area contributed by atoms with Crippen molar-refractivity contribution in [1.29, 1.82) is 0 Å². The summed E-state index contributed by atoms with van der Waals surface area (Å²) in [6.45, 7) is 2.56. The molecule has 0 aliphatic carbocycles. The first-order valence-corrected chi connectivity index (χ1v) is 9.92. The van der Waals surface area contributed by atoms with Gasteiger partial charge in [0.15, 0.2) is 0 Å². The van der Waals surface area contributed by atoms with E-state index in [-0.39, 0.29) is 11.5 Å². The lowest BCUT2D eigenvalue weighted by atomic mass is 9.96. The molecule has 3 heterocycles. The maximum atomic E-state index is 12.5. The normalized spacial score (nSPS) is 15.2. The maximum Gasteiger partial charge on any atom is 0.258 e. The number of benzene rings is 1. The molecule has 1 aliphatic heterocycles. The highest BCUT2D eigenvalue weighted by Gasteiger charge is 2.22. The van der Waals surface area contributed by atoms with E-state index in [1.165, 1.54) is 0 Å². The Morgan fingerprint density at radius 2 is 2.00 bits per heavy atom. The molecule has 28 heavy (non-hydrogen) atoms. The van der Waals surface area contributed by atoms with Gasteiger partial charge < -0.3 is 9.88 Å². The number of aryl methyl sites for hydroxylation is 1. The first kappa shape index (κ1) is 18.4. The van der Waals surface area contributed by atoms with E-state index >= 15 is 0 Å². The number of aromatic amines is 1. The van der Waals surface area contributed by atoms with Crippen LogP contribution >= 0.6 is 0 Å². The number of aromatic nitrogens is 4. The van der Waals surface area contributed by atoms with Crippen LogP contribution in [0.1, 0.15) is 31.5 Å². The fraction of sp³-hybridized carbons (Fsp3) is 0.429. The van der Waals surface area contributed by atoms with Crippen LogP contribution in [0.3, 0.4) is 0 Å². The minimum atomic E-state index is -0.119. The van der Waals surface area contributed by atoms with Crippen LogP contribution in [0.25, 0.3) is 10.9 Å². The molecule has 1 aromatic carbocycles. The highest BCUT2D eigenvalue weighted by atomic mass is 16.2. The van der Waals surface area contributed by atoms with Crippen molar-refractivity contribution in [2.24, 2.45) is 5.92 Å². The van der Waals surface area contributed by atoms with Crippen molar-refractivity contribution in [3.63, 3.8) is 0 Å². The second-order valence-corrected chi connectivity index (χ2v) is 7.44. The predicted octanol–water partition coefficient (Wildman–Crippen LogP) is 2.38. The number of nitrogens with zero attached hydrogens (tertiary/aromatic N) is 4. The Bertz CT molecular complexity index is 987. The number of rotatable bonds is 6. The zero-order valence-electron chi connectivity index (χ0n) is 15.9. The number of carbonyl (C=O) groups is 1. The minimum Gasteiger partial charge on any atom is -0.343 e. The van der Waals surface area contributed by atoms with E-state index in [0.717, 1.165) is 32.5 Å². The molecule has 1 amide bonds. The third-order valence-electron chi connectivity index (χ3n) is 5.44. The molecule has 0 saturated carbocycles. The summed E-state index contributed by atoms with van der Waals surface area (Å²) in [6, 6.07) is 9.25. The summed E-state index contributed by atoms with van der Waals surface area (Å²) in [5.74, 6) is 1.42. The van der Waals surface area contributed by atoms with Gasteiger partial charge in [0.25, 0.3) is 5.56 Å². The highest BCUT2D eigenvalue weighted by Crippen LogP contribution is 2.20. The Morgan fingerprint density at radius 1 is 1.18 bits per heavy atom. The van der Waals surface area contributed by atoms with Gasteiger partial charge in [0.05, 0.1) is 10.9 Å². The summed E-state index contributed by atoms with van der Waals surface area (Å²) in [5.41, 5.74) is 0.581. The molecule has 3 aromatic rings. The summed E-state index contributed by atoms with van der Waals surface area (Å²) < 4.78 is 1.97. The van der Waals surface area contributed by atoms with Crippen LogP contribution in [0.5, 0.6) is 0 Å². The number of hydrogen-bond acceptors (Lipinski definition) is 4. The quantitative estimate of drug-likeness (QED) is 0.713. The molecule has 7 nitrogen and oxygen atoms in total. The van der Waals surface area contributed by atoms with Crippen molar-refractivity contribution < 1.29 is 4.79 Å². The molecule has 1 fully saturated rings. The van der Waals surface area contributed by atoms with E-state index in [1.807, 2.05) is 40.0 Å². The topological polar surface area (TPSA) is 83.9 Å². The molecular formula is C21H25N5O2. The molecule has 1 N–H and O–H groups in total. The molecular weight excluding hydrogens is 354 g/mol. The molecule has 0 radical (unpaired) electrons. The molecule has 0 atom stereocenters. The first-order valence-electron chi connectivity index (χ1n) is 9.92. The minimum absolute atomic E-state index is 0.119. The van der Waals surface area contributed by atoms with Crippen LogP contribution in [0, 0.1) is 5.92 Å². The van der Waals surface area contributed by atoms with Crippen LogP contribution in [0.15, 0.2) is 47.5 Å². The van der Waals surface area contributed by atoms with Crippen LogP contribution in [-0.2, 0) is 17.8 Å². The SMILES string of the molecule is O=C(CCCc1nc2ccccc2c(=O)[nH]1)N1CCC(Cn2cccn2)CC1. The standard InChI is InChI=1S/C21H25N5O2/c27-20(25-13-9-16(10-14-25)15-26-12-4-11-22-26)8-3-7-19-23-18-6-2-1-5-17(18)21(28)24-19/h1-2,4-6,11-12,16H,3,7-10,13-15H2,(H,23,24,28). The fourth-order valence-electron chi connectivity index (χ4n) is 3.86. The number of H-pyrrole nitrogens is 1. The molecule has 4 rings (SSSR count). The highest BCUT2D eigenvalue weighted by molar-refractivity contribution is 5.77. The number of likely N-dealkylation sites (tertiary alicyclic amines) is 1. The second-order valence-electron chi connectivity index (χ2n) is 7.44. The van der Waals surface area contributed by atoms with Gasteiger partial charge in [0, 0.05) is 44.9 Å². The van der Waals surface area contributed by atoms with Gasteiger partial charge >= 0.3 is 0 Å². The molecule has 1 saturated heterocycles. The van der Waals surface area contributed by atoms with E-state index in [4.69, 9.17) is 0 Å². The van der Waals surface area contributed by atoms with Crippen LogP contribution < -0.4 is 5.56 Å². The number of nitrogens with one attached hydrogen (secondary N) is 1. The number of amides is 1. The van der Waals surface area contributed by atoms with Crippen molar-refractivity contribution in [2.75, 3.05) is 13.1 Å². The number of hydrogen-bond donors (Lipinski definition) is 1. The van der Waals surface area contributed by atoms with Gasteiger partial charge in [-0.05, 0) is 43.4 Å². The smallest absolute Gasteiger partial charge is 0.258 e. The van der Waals surface area contributed by atoms with Gasteiger partial charge in [-0.2, -0.15) is 5.10 Å². The van der Waals surface area contributed by atoms with Crippen molar-refractivity contribution in [3.05, 3.63) is 58.9 Å². The van der Waals surface area contributed by atoms with Gasteiger partial charge in [0.1, 0.15) is 5.82 Å². The first-order chi connectivity index (χ1) is 13.7. The average Bonchev–Trinajstić information content (AvgIpc) is 3.21. The van der Waals surface area contributed by atoms with Gasteiger partial charge in [-0.3, -0.25) is 14.3 Å². The Morgan fingerprint density at radius 3 is 2.79 bits per heavy atom. The van der Waals surface area contributed by atoms with Gasteiger partial charge in [-0.1, -0.05) is 12.1 Å². The molecule has 2 aromatic heterocycles. The Hall–Kier alpha value is -2.96. The monoisotopic (exact) mass is 379 g/mol. The summed E-state index contributed by atoms with van der Waals surface area (Å²) in [4.78, 5) is 33.9. The van der Waals surface area contributed by atoms with Gasteiger partial charge in [-0.15, -0.1) is 0 Å². The lowest BCUT2D eigenvalue weighted by Crippen LogP contribution is -2.39. The second kappa shape index (κ2) is 8.37. The van der Waals surface area contributed by atoms with E-state index in [9.17, 15) is 9.59 Å². The molecule has 0 bridgehead atoms. The largest absolute Gasteiger partial charge is 0.343 e. The van der Waals surface area contributed by atoms with Crippen LogP contribution in [0.4, 0.5) is 0 Å². The van der Waals surface area contributed by atoms with E-state index in [1.54, 1.807) is 12.3 Å². The lowest BCUT2D eigenvalue weighted by Gasteiger charge is -2.32. The number of para-hydroxylation sites is 1. The summed E-state index contributed by atoms with van der Waals surface area (Å²) in [6.07, 6.45) is 7.60. The summed E-state index contributed by atoms with van der Waals surface area (Å²) in [7, 11) is 0. The molecule has 1 aliphatic rings. The number of piperidine rings is 1. The lowest BCUT2D eigenvalue weighted by molar-refractivity contribution is -0.132. The third kappa shape index (κ3) is 4.30. The summed E-state index contributed by atoms with van der Waals surface area (Å²) in [5, 5.41) is 4.86. The van der Waals surface area contributed by atoms with Crippen molar-refractivity contribution in [3.8, 4) is 0 Å².